The third-order valence-corrected chi connectivity index (χ3v) is 7.40. The Morgan fingerprint density at radius 3 is 2.20 bits per heavy atom. The summed E-state index contributed by atoms with van der Waals surface area (Å²) in [7, 11) is 0.721. The van der Waals surface area contributed by atoms with Crippen molar-refractivity contribution in [1.82, 2.24) is 24.5 Å². The summed E-state index contributed by atoms with van der Waals surface area (Å²) < 4.78 is 120. The zero-order valence-electron chi connectivity index (χ0n) is 26.3. The summed E-state index contributed by atoms with van der Waals surface area (Å²) in [4.78, 5) is 38.8. The second-order valence-corrected chi connectivity index (χ2v) is 12.4. The van der Waals surface area contributed by atoms with Crippen LogP contribution in [0.25, 0.3) is 16.9 Å². The summed E-state index contributed by atoms with van der Waals surface area (Å²) in [5.41, 5.74) is -7.40. The minimum Gasteiger partial charge on any atom is -0.457 e. The maximum Gasteiger partial charge on any atom is 0.459 e. The molecule has 1 aromatic carbocycles. The first-order valence-corrected chi connectivity index (χ1v) is 14.5. The predicted molar refractivity (Wildman–Crippen MR) is 155 cm³/mol. The van der Waals surface area contributed by atoms with Gasteiger partial charge >= 0.3 is 30.2 Å². The van der Waals surface area contributed by atoms with Gasteiger partial charge in [-0.05, 0) is 51.3 Å². The van der Waals surface area contributed by atoms with Crippen LogP contribution in [0.15, 0.2) is 42.7 Å². The van der Waals surface area contributed by atoms with Crippen molar-refractivity contribution in [2.75, 3.05) is 6.73 Å². The van der Waals surface area contributed by atoms with Crippen LogP contribution < -0.4 is 0 Å². The fraction of sp³-hybridized carbons (Fsp3) is 0.400. The van der Waals surface area contributed by atoms with Crippen molar-refractivity contribution in [3.63, 3.8) is 0 Å². The van der Waals surface area contributed by atoms with Gasteiger partial charge in [0.25, 0.3) is 5.91 Å². The molecule has 1 aliphatic rings. The lowest BCUT2D eigenvalue weighted by atomic mass is 10.0. The van der Waals surface area contributed by atoms with Crippen LogP contribution in [0.5, 0.6) is 0 Å². The van der Waals surface area contributed by atoms with E-state index in [1.165, 1.54) is 12.1 Å². The van der Waals surface area contributed by atoms with Crippen LogP contribution in [0.4, 0.5) is 35.1 Å². The van der Waals surface area contributed by atoms with Crippen molar-refractivity contribution in [2.24, 2.45) is 7.05 Å². The Morgan fingerprint density at radius 1 is 1.04 bits per heavy atom. The number of aromatic nitrogens is 4. The van der Waals surface area contributed by atoms with Crippen LogP contribution in [-0.4, -0.2) is 66.4 Å². The van der Waals surface area contributed by atoms with E-state index in [0.717, 1.165) is 42.6 Å². The van der Waals surface area contributed by atoms with Gasteiger partial charge in [0.05, 0.1) is 22.9 Å². The molecule has 1 fully saturated rings. The Labute approximate surface area is 282 Å². The molecule has 3 aromatic rings. The summed E-state index contributed by atoms with van der Waals surface area (Å²) >= 11 is 6.29. The molecule has 2 aromatic heterocycles. The summed E-state index contributed by atoms with van der Waals surface area (Å²) in [5, 5.41) is 16.2. The highest BCUT2D eigenvalue weighted by Crippen LogP contribution is 2.49. The number of alkyl halides is 8. The molecule has 268 valence electrons. The van der Waals surface area contributed by atoms with E-state index in [9.17, 15) is 54.8 Å². The van der Waals surface area contributed by atoms with Gasteiger partial charge in [-0.25, -0.2) is 19.0 Å². The number of rotatable bonds is 9. The van der Waals surface area contributed by atoms with E-state index in [1.54, 1.807) is 20.8 Å². The summed E-state index contributed by atoms with van der Waals surface area (Å²) in [6.07, 6.45) is -8.34. The molecule has 50 heavy (non-hydrogen) atoms. The molecule has 0 aliphatic heterocycles. The molecule has 0 spiro atoms. The monoisotopic (exact) mass is 736 g/mol. The quantitative estimate of drug-likeness (QED) is 0.105. The maximum absolute atomic E-state index is 14.1. The molecule has 0 saturated heterocycles. The first-order chi connectivity index (χ1) is 22.9. The van der Waals surface area contributed by atoms with Crippen LogP contribution in [0, 0.1) is 11.3 Å². The second-order valence-electron chi connectivity index (χ2n) is 11.9. The van der Waals surface area contributed by atoms with Gasteiger partial charge in [0.15, 0.2) is 18.2 Å². The Morgan fingerprint density at radius 2 is 1.66 bits per heavy atom. The number of carbonyl (C=O) groups is 3. The minimum atomic E-state index is -6.40. The number of hydrogen-bond acceptors (Lipinski definition) is 8. The van der Waals surface area contributed by atoms with E-state index in [-0.39, 0.29) is 39.2 Å². The largest absolute Gasteiger partial charge is 0.459 e. The summed E-state index contributed by atoms with van der Waals surface area (Å²) in [6, 6.07) is 5.66. The lowest BCUT2D eigenvalue weighted by Crippen LogP contribution is -2.43. The van der Waals surface area contributed by atoms with Gasteiger partial charge in [0, 0.05) is 31.0 Å². The van der Waals surface area contributed by atoms with Crippen LogP contribution in [-0.2, 0) is 38.2 Å². The zero-order valence-corrected chi connectivity index (χ0v) is 27.0. The summed E-state index contributed by atoms with van der Waals surface area (Å²) in [6.45, 7) is 4.06. The average Bonchev–Trinajstić information content (AvgIpc) is 3.45. The molecule has 20 heteroatoms. The van der Waals surface area contributed by atoms with E-state index in [1.807, 2.05) is 6.07 Å². The van der Waals surface area contributed by atoms with Crippen molar-refractivity contribution in [3.05, 3.63) is 64.6 Å². The standard InChI is InChI=1S/C30H25ClF8N6O5/c1-26(2,3)50-21(47)8-7-20(46)49-15-44(27(14-40)9-10-27)25(48)18-11-16(5-6-19(18)31)17-12-41-45(13-17)24-22(29(34,35)36)23(42-43(24)4)28(32,33)30(37,38)39/h5-8,11-13H,9-10,15H2,1-4H3/b8-7+. The van der Waals surface area contributed by atoms with Gasteiger partial charge in [-0.3, -0.25) is 9.69 Å². The Hall–Kier alpha value is -4.99. The Kier molecular flexibility index (Phi) is 9.87. The fourth-order valence-corrected chi connectivity index (χ4v) is 4.78. The fourth-order valence-electron chi connectivity index (χ4n) is 4.58. The first-order valence-electron chi connectivity index (χ1n) is 14.2. The SMILES string of the molecule is Cn1nc(C(F)(F)C(F)(F)F)c(C(F)(F)F)c1-n1cc(-c2ccc(Cl)c(C(=O)N(COC(=O)/C=C/C(=O)OC(C)(C)C)C3(C#N)CC3)c2)cn1. The van der Waals surface area contributed by atoms with E-state index >= 15 is 0 Å². The summed E-state index contributed by atoms with van der Waals surface area (Å²) in [5.74, 6) is -10.0. The third-order valence-electron chi connectivity index (χ3n) is 7.08. The number of benzene rings is 1. The average molecular weight is 737 g/mol. The van der Waals surface area contributed by atoms with Crippen molar-refractivity contribution >= 4 is 29.4 Å². The Bertz CT molecular complexity index is 1900. The van der Waals surface area contributed by atoms with Gasteiger partial charge < -0.3 is 9.47 Å². The molecular weight excluding hydrogens is 712 g/mol. The normalized spacial score (nSPS) is 14.7. The molecule has 1 aliphatic carbocycles. The molecule has 1 amide bonds. The number of halogens is 9. The molecule has 0 N–H and O–H groups in total. The maximum atomic E-state index is 14.1. The second kappa shape index (κ2) is 13.0. The zero-order chi connectivity index (χ0) is 37.6. The first kappa shape index (κ1) is 37.8. The highest BCUT2D eigenvalue weighted by atomic mass is 35.5. The topological polar surface area (TPSA) is 132 Å². The number of hydrogen-bond donors (Lipinski definition) is 0. The smallest absolute Gasteiger partial charge is 0.457 e. The molecule has 0 bridgehead atoms. The van der Waals surface area contributed by atoms with E-state index in [2.05, 4.69) is 10.2 Å². The van der Waals surface area contributed by atoms with Gasteiger partial charge in [-0.1, -0.05) is 17.7 Å². The van der Waals surface area contributed by atoms with Gasteiger partial charge in [-0.2, -0.15) is 50.6 Å². The highest BCUT2D eigenvalue weighted by molar-refractivity contribution is 6.34. The van der Waals surface area contributed by atoms with Crippen molar-refractivity contribution in [3.8, 4) is 23.0 Å². The van der Waals surface area contributed by atoms with E-state index in [0.29, 0.717) is 4.68 Å². The Balaban J connectivity index is 1.66. The molecule has 0 radical (unpaired) electrons. The number of amides is 1. The lowest BCUT2D eigenvalue weighted by Gasteiger charge is -2.27. The number of nitriles is 1. The third kappa shape index (κ3) is 7.74. The highest BCUT2D eigenvalue weighted by Gasteiger charge is 2.64. The number of aryl methyl sites for hydroxylation is 1. The molecular formula is C30H25ClF8N6O5. The van der Waals surface area contributed by atoms with E-state index in [4.69, 9.17) is 21.1 Å². The van der Waals surface area contributed by atoms with Crippen molar-refractivity contribution in [2.45, 2.75) is 63.0 Å². The lowest BCUT2D eigenvalue weighted by molar-refractivity contribution is -0.292. The number of esters is 2. The predicted octanol–water partition coefficient (Wildman–Crippen LogP) is 6.50. The van der Waals surface area contributed by atoms with E-state index < -0.39 is 71.1 Å². The number of carbonyl (C=O) groups excluding carboxylic acids is 3. The molecule has 4 rings (SSSR count). The molecule has 2 heterocycles. The molecule has 1 saturated carbocycles. The number of nitrogens with zero attached hydrogens (tertiary/aromatic N) is 6. The minimum absolute atomic E-state index is 0.0409. The molecule has 11 nitrogen and oxygen atoms in total. The number of ether oxygens (including phenoxy) is 2. The van der Waals surface area contributed by atoms with Crippen LogP contribution in [0.3, 0.4) is 0 Å². The molecule has 0 unspecified atom stereocenters. The molecule has 0 atom stereocenters. The van der Waals surface area contributed by atoms with Crippen LogP contribution in [0.1, 0.15) is 55.2 Å². The van der Waals surface area contributed by atoms with Crippen molar-refractivity contribution < 1.29 is 59.0 Å². The van der Waals surface area contributed by atoms with Crippen LogP contribution in [0.2, 0.25) is 5.02 Å². The van der Waals surface area contributed by atoms with Crippen molar-refractivity contribution in [1.29, 1.82) is 5.26 Å². The van der Waals surface area contributed by atoms with Gasteiger partial charge in [0.2, 0.25) is 0 Å². The van der Waals surface area contributed by atoms with Crippen LogP contribution >= 0.6 is 11.6 Å². The van der Waals surface area contributed by atoms with Gasteiger partial charge in [0.1, 0.15) is 16.7 Å². The van der Waals surface area contributed by atoms with Gasteiger partial charge in [-0.15, -0.1) is 0 Å².